The minimum atomic E-state index is -1.57. The largest absolute Gasteiger partial charge is 0.508 e. The number of aliphatic hydroxyl groups excluding tert-OH is 1. The Morgan fingerprint density at radius 3 is 2.58 bits per heavy atom. The second-order valence-electron chi connectivity index (χ2n) is 7.30. The molecule has 1 aliphatic heterocycles. The van der Waals surface area contributed by atoms with Gasteiger partial charge in [-0.2, -0.15) is 0 Å². The molecule has 0 saturated heterocycles. The fraction of sp³-hybridized carbons (Fsp3) is 0.250. The summed E-state index contributed by atoms with van der Waals surface area (Å²) in [5.74, 6) is -0.00743. The maximum Gasteiger partial charge on any atom is 0.202 e. The van der Waals surface area contributed by atoms with Crippen LogP contribution in [0.15, 0.2) is 48.7 Å². The molecule has 3 N–H and O–H groups in total. The average molecular weight is 453 g/mol. The number of nitrogens with zero attached hydrogens (tertiary/aromatic N) is 1. The van der Waals surface area contributed by atoms with Crippen LogP contribution in [-0.4, -0.2) is 45.9 Å². The number of hydrogen-bond donors (Lipinski definition) is 3. The Kier molecular flexibility index (Phi) is 6.23. The Morgan fingerprint density at radius 1 is 1.06 bits per heavy atom. The molecule has 2 aromatic carbocycles. The molecule has 0 amide bonds. The van der Waals surface area contributed by atoms with Crippen LogP contribution < -0.4 is 18.9 Å². The van der Waals surface area contributed by atoms with Gasteiger partial charge >= 0.3 is 0 Å². The van der Waals surface area contributed by atoms with E-state index < -0.39 is 23.7 Å². The molecular weight excluding hydrogens is 430 g/mol. The van der Waals surface area contributed by atoms with Gasteiger partial charge in [0, 0.05) is 12.1 Å². The molecule has 9 nitrogen and oxygen atoms in total. The van der Waals surface area contributed by atoms with Gasteiger partial charge in [-0.15, -0.1) is 0 Å². The lowest BCUT2D eigenvalue weighted by Crippen LogP contribution is -2.36. The van der Waals surface area contributed by atoms with Crippen LogP contribution in [-0.2, 0) is 6.61 Å². The van der Waals surface area contributed by atoms with Crippen LogP contribution in [0.3, 0.4) is 0 Å². The highest BCUT2D eigenvalue weighted by Crippen LogP contribution is 2.43. The zero-order valence-electron chi connectivity index (χ0n) is 18.0. The van der Waals surface area contributed by atoms with Gasteiger partial charge in [0.2, 0.25) is 5.78 Å². The van der Waals surface area contributed by atoms with Crippen molar-refractivity contribution in [3.8, 4) is 34.5 Å². The standard InChI is InChI=1S/C24H23NO8/c1-3-31-16-6-5-14(25-11-16)12-32-19-8-13(4-7-18(19)30-2)24-23(29)22(28)21-17(27)9-15(26)10-20(21)33-24/h4-11,23-24,26-27,29H,3,12H2,1-2H3. The molecule has 1 aromatic heterocycles. The number of ether oxygens (including phenoxy) is 4. The summed E-state index contributed by atoms with van der Waals surface area (Å²) in [4.78, 5) is 17.0. The predicted molar refractivity (Wildman–Crippen MR) is 116 cm³/mol. The van der Waals surface area contributed by atoms with E-state index in [-0.39, 0.29) is 23.7 Å². The minimum absolute atomic E-state index is 0.0234. The first-order chi connectivity index (χ1) is 15.9. The van der Waals surface area contributed by atoms with Crippen molar-refractivity contribution < 1.29 is 39.1 Å². The number of carbonyl (C=O) groups excluding carboxylic acids is 1. The molecule has 0 spiro atoms. The number of ketones is 1. The molecule has 0 fully saturated rings. The van der Waals surface area contributed by atoms with Gasteiger partial charge in [0.05, 0.1) is 25.6 Å². The molecular formula is C24H23NO8. The Labute approximate surface area is 189 Å². The number of hydrogen-bond acceptors (Lipinski definition) is 9. The maximum absolute atomic E-state index is 12.7. The summed E-state index contributed by atoms with van der Waals surface area (Å²) in [6.07, 6.45) is -1.04. The number of carbonyl (C=O) groups is 1. The zero-order chi connectivity index (χ0) is 23.5. The number of aliphatic hydroxyl groups is 1. The smallest absolute Gasteiger partial charge is 0.202 e. The van der Waals surface area contributed by atoms with Gasteiger partial charge in [-0.25, -0.2) is 0 Å². The van der Waals surface area contributed by atoms with Crippen molar-refractivity contribution in [1.82, 2.24) is 4.98 Å². The van der Waals surface area contributed by atoms with E-state index >= 15 is 0 Å². The summed E-state index contributed by atoms with van der Waals surface area (Å²) < 4.78 is 22.4. The summed E-state index contributed by atoms with van der Waals surface area (Å²) in [6, 6.07) is 10.7. The highest BCUT2D eigenvalue weighted by molar-refractivity contribution is 6.05. The van der Waals surface area contributed by atoms with Crippen molar-refractivity contribution in [2.24, 2.45) is 0 Å². The quantitative estimate of drug-likeness (QED) is 0.494. The molecule has 2 unspecified atom stereocenters. The van der Waals surface area contributed by atoms with E-state index in [2.05, 4.69) is 4.98 Å². The molecule has 9 heteroatoms. The molecule has 0 aliphatic carbocycles. The highest BCUT2D eigenvalue weighted by Gasteiger charge is 2.39. The van der Waals surface area contributed by atoms with Gasteiger partial charge in [-0.1, -0.05) is 6.07 Å². The van der Waals surface area contributed by atoms with Crippen LogP contribution in [0.2, 0.25) is 0 Å². The number of rotatable bonds is 7. The Morgan fingerprint density at radius 2 is 1.88 bits per heavy atom. The van der Waals surface area contributed by atoms with Gasteiger partial charge < -0.3 is 34.3 Å². The Balaban J connectivity index is 1.59. The number of methoxy groups -OCH3 is 1. The first kappa shape index (κ1) is 22.2. The molecule has 4 rings (SSSR count). The van der Waals surface area contributed by atoms with Crippen LogP contribution in [0.4, 0.5) is 0 Å². The first-order valence-electron chi connectivity index (χ1n) is 10.2. The Hall–Kier alpha value is -3.98. The third kappa shape index (κ3) is 4.49. The number of benzene rings is 2. The molecule has 2 heterocycles. The number of aromatic hydroxyl groups is 2. The van der Waals surface area contributed by atoms with E-state index in [4.69, 9.17) is 18.9 Å². The number of phenols is 2. The van der Waals surface area contributed by atoms with Crippen molar-refractivity contribution in [2.75, 3.05) is 13.7 Å². The molecule has 2 atom stereocenters. The zero-order valence-corrected chi connectivity index (χ0v) is 18.0. The SMILES string of the molecule is CCOc1ccc(COc2cc(C3Oc4cc(O)cc(O)c4C(=O)C3O)ccc2OC)nc1. The number of aromatic nitrogens is 1. The molecule has 33 heavy (non-hydrogen) atoms. The fourth-order valence-corrected chi connectivity index (χ4v) is 3.55. The third-order valence-electron chi connectivity index (χ3n) is 5.12. The number of pyridine rings is 1. The van der Waals surface area contributed by atoms with Gasteiger partial charge in [0.1, 0.15) is 35.2 Å². The third-order valence-corrected chi connectivity index (χ3v) is 5.12. The van der Waals surface area contributed by atoms with E-state index in [0.717, 1.165) is 6.07 Å². The summed E-state index contributed by atoms with van der Waals surface area (Å²) in [5.41, 5.74) is 0.929. The lowest BCUT2D eigenvalue weighted by atomic mass is 9.92. The molecule has 0 bridgehead atoms. The second kappa shape index (κ2) is 9.25. The monoisotopic (exact) mass is 453 g/mol. The normalized spacial score (nSPS) is 17.1. The molecule has 3 aromatic rings. The average Bonchev–Trinajstić information content (AvgIpc) is 2.80. The van der Waals surface area contributed by atoms with Gasteiger partial charge in [-0.05, 0) is 36.8 Å². The van der Waals surface area contributed by atoms with Crippen molar-refractivity contribution in [2.45, 2.75) is 25.7 Å². The summed E-state index contributed by atoms with van der Waals surface area (Å²) in [6.45, 7) is 2.58. The van der Waals surface area contributed by atoms with Crippen molar-refractivity contribution >= 4 is 5.78 Å². The number of Topliss-reactive ketones (excluding diaryl/α,β-unsaturated/α-hetero) is 1. The summed E-state index contributed by atoms with van der Waals surface area (Å²) in [7, 11) is 1.49. The van der Waals surface area contributed by atoms with E-state index in [9.17, 15) is 20.1 Å². The highest BCUT2D eigenvalue weighted by atomic mass is 16.5. The minimum Gasteiger partial charge on any atom is -0.508 e. The van der Waals surface area contributed by atoms with Crippen LogP contribution in [0.25, 0.3) is 0 Å². The second-order valence-corrected chi connectivity index (χ2v) is 7.30. The number of fused-ring (bicyclic) bond motifs is 1. The van der Waals surface area contributed by atoms with Gasteiger partial charge in [0.15, 0.2) is 23.7 Å². The summed E-state index contributed by atoms with van der Waals surface area (Å²) >= 11 is 0. The van der Waals surface area contributed by atoms with E-state index in [1.807, 2.05) is 6.92 Å². The lowest BCUT2D eigenvalue weighted by molar-refractivity contribution is 0.0209. The topological polar surface area (TPSA) is 128 Å². The molecule has 0 saturated carbocycles. The predicted octanol–water partition coefficient (Wildman–Crippen LogP) is 3.16. The van der Waals surface area contributed by atoms with Crippen LogP contribution in [0.5, 0.6) is 34.5 Å². The van der Waals surface area contributed by atoms with Crippen molar-refractivity contribution in [1.29, 1.82) is 0 Å². The molecule has 172 valence electrons. The fourth-order valence-electron chi connectivity index (χ4n) is 3.55. The van der Waals surface area contributed by atoms with Crippen molar-refractivity contribution in [3.05, 3.63) is 65.5 Å². The van der Waals surface area contributed by atoms with Crippen molar-refractivity contribution in [3.63, 3.8) is 0 Å². The van der Waals surface area contributed by atoms with Gasteiger partial charge in [0.25, 0.3) is 0 Å². The van der Waals surface area contributed by atoms with Crippen LogP contribution >= 0.6 is 0 Å². The molecule has 0 radical (unpaired) electrons. The first-order valence-corrected chi connectivity index (χ1v) is 10.2. The maximum atomic E-state index is 12.7. The Bertz CT molecular complexity index is 1160. The van der Waals surface area contributed by atoms with Crippen LogP contribution in [0, 0.1) is 0 Å². The molecule has 1 aliphatic rings. The summed E-state index contributed by atoms with van der Waals surface area (Å²) in [5, 5.41) is 30.3. The lowest BCUT2D eigenvalue weighted by Gasteiger charge is -2.30. The van der Waals surface area contributed by atoms with E-state index in [1.54, 1.807) is 36.5 Å². The number of phenolic OH excluding ortho intramolecular Hbond substituents is 2. The van der Waals surface area contributed by atoms with E-state index in [0.29, 0.717) is 35.1 Å². The van der Waals surface area contributed by atoms with E-state index in [1.165, 1.54) is 13.2 Å². The van der Waals surface area contributed by atoms with Gasteiger partial charge in [-0.3, -0.25) is 9.78 Å². The van der Waals surface area contributed by atoms with Crippen LogP contribution in [0.1, 0.15) is 34.6 Å².